The Hall–Kier alpha value is -0.810. The van der Waals surface area contributed by atoms with Crippen molar-refractivity contribution in [3.63, 3.8) is 0 Å². The standard InChI is InChI=1S/C16H36N4O/c1-6-20(7-2)13-8-10-14(3)18-12-9-11-16(4,5)15(17)19-21/h14,18,21H,6-13H2,1-5H3,(H2,17,19). The van der Waals surface area contributed by atoms with Crippen molar-refractivity contribution in [2.45, 2.75) is 66.3 Å². The lowest BCUT2D eigenvalue weighted by Crippen LogP contribution is -2.34. The van der Waals surface area contributed by atoms with Gasteiger partial charge in [0.1, 0.15) is 5.84 Å². The maximum atomic E-state index is 8.74. The molecule has 5 nitrogen and oxygen atoms in total. The van der Waals surface area contributed by atoms with Crippen LogP contribution in [-0.2, 0) is 0 Å². The molecule has 0 radical (unpaired) electrons. The van der Waals surface area contributed by atoms with Crippen LogP contribution in [0.25, 0.3) is 0 Å². The highest BCUT2D eigenvalue weighted by Gasteiger charge is 2.22. The first kappa shape index (κ1) is 20.2. The molecule has 0 rings (SSSR count). The first-order chi connectivity index (χ1) is 9.87. The van der Waals surface area contributed by atoms with Crippen LogP contribution in [0.3, 0.4) is 0 Å². The normalized spacial score (nSPS) is 14.7. The lowest BCUT2D eigenvalue weighted by atomic mass is 9.86. The lowest BCUT2D eigenvalue weighted by Gasteiger charge is -2.23. The third-order valence-electron chi connectivity index (χ3n) is 4.28. The minimum Gasteiger partial charge on any atom is -0.409 e. The van der Waals surface area contributed by atoms with Crippen LogP contribution in [0.15, 0.2) is 5.16 Å². The molecule has 0 saturated carbocycles. The monoisotopic (exact) mass is 300 g/mol. The van der Waals surface area contributed by atoms with Gasteiger partial charge in [-0.3, -0.25) is 0 Å². The van der Waals surface area contributed by atoms with Crippen molar-refractivity contribution in [2.24, 2.45) is 16.3 Å². The van der Waals surface area contributed by atoms with Crippen molar-refractivity contribution in [3.05, 3.63) is 0 Å². The smallest absolute Gasteiger partial charge is 0.144 e. The van der Waals surface area contributed by atoms with Gasteiger partial charge < -0.3 is 21.2 Å². The molecule has 126 valence electrons. The summed E-state index contributed by atoms with van der Waals surface area (Å²) in [5, 5.41) is 15.4. The maximum Gasteiger partial charge on any atom is 0.144 e. The molecule has 5 heteroatoms. The van der Waals surface area contributed by atoms with Crippen LogP contribution >= 0.6 is 0 Å². The molecule has 0 aliphatic rings. The number of rotatable bonds is 12. The molecular formula is C16H36N4O. The van der Waals surface area contributed by atoms with Gasteiger partial charge in [0.15, 0.2) is 0 Å². The average Bonchev–Trinajstić information content (AvgIpc) is 2.47. The fourth-order valence-electron chi connectivity index (χ4n) is 2.41. The van der Waals surface area contributed by atoms with Gasteiger partial charge in [-0.1, -0.05) is 32.9 Å². The molecule has 1 atom stereocenters. The minimum atomic E-state index is -0.234. The fraction of sp³-hybridized carbons (Fsp3) is 0.938. The number of nitrogens with two attached hydrogens (primary N) is 1. The Morgan fingerprint density at radius 1 is 1.29 bits per heavy atom. The number of hydrogen-bond acceptors (Lipinski definition) is 4. The van der Waals surface area contributed by atoms with Crippen LogP contribution in [0.4, 0.5) is 0 Å². The topological polar surface area (TPSA) is 73.9 Å². The average molecular weight is 300 g/mol. The van der Waals surface area contributed by atoms with Gasteiger partial charge in [0.05, 0.1) is 0 Å². The quantitative estimate of drug-likeness (QED) is 0.170. The van der Waals surface area contributed by atoms with E-state index in [1.54, 1.807) is 0 Å². The zero-order valence-electron chi connectivity index (χ0n) is 14.7. The van der Waals surface area contributed by atoms with E-state index in [4.69, 9.17) is 10.9 Å². The zero-order chi connectivity index (χ0) is 16.3. The van der Waals surface area contributed by atoms with E-state index in [1.807, 2.05) is 13.8 Å². The van der Waals surface area contributed by atoms with Gasteiger partial charge in [-0.25, -0.2) is 0 Å². The highest BCUT2D eigenvalue weighted by molar-refractivity contribution is 5.85. The van der Waals surface area contributed by atoms with Crippen LogP contribution < -0.4 is 11.1 Å². The van der Waals surface area contributed by atoms with Crippen LogP contribution in [0.2, 0.25) is 0 Å². The number of nitrogens with zero attached hydrogens (tertiary/aromatic N) is 2. The Morgan fingerprint density at radius 2 is 1.90 bits per heavy atom. The van der Waals surface area contributed by atoms with E-state index >= 15 is 0 Å². The SMILES string of the molecule is CCN(CC)CCCC(C)NCCCC(C)(C)C(N)=NO. The molecule has 21 heavy (non-hydrogen) atoms. The number of amidine groups is 1. The van der Waals surface area contributed by atoms with Gasteiger partial charge in [0.2, 0.25) is 0 Å². The molecule has 4 N–H and O–H groups in total. The Kier molecular flexibility index (Phi) is 10.4. The van der Waals surface area contributed by atoms with Crippen molar-refractivity contribution in [2.75, 3.05) is 26.2 Å². The van der Waals surface area contributed by atoms with E-state index < -0.39 is 0 Å². The summed E-state index contributed by atoms with van der Waals surface area (Å²) in [5.74, 6) is 0.315. The van der Waals surface area contributed by atoms with Crippen LogP contribution in [-0.4, -0.2) is 48.2 Å². The molecule has 0 fully saturated rings. The molecule has 0 aromatic rings. The van der Waals surface area contributed by atoms with Crippen LogP contribution in [0.1, 0.15) is 60.3 Å². The summed E-state index contributed by atoms with van der Waals surface area (Å²) in [4.78, 5) is 2.46. The Bertz CT molecular complexity index is 288. The van der Waals surface area contributed by atoms with Gasteiger partial charge in [0.25, 0.3) is 0 Å². The Labute approximate surface area is 131 Å². The summed E-state index contributed by atoms with van der Waals surface area (Å²) in [6.07, 6.45) is 4.40. The Morgan fingerprint density at radius 3 is 2.43 bits per heavy atom. The van der Waals surface area contributed by atoms with Crippen molar-refractivity contribution in [3.8, 4) is 0 Å². The Balaban J connectivity index is 3.73. The summed E-state index contributed by atoms with van der Waals surface area (Å²) in [6, 6.07) is 0.549. The molecule has 0 spiro atoms. The van der Waals surface area contributed by atoms with Gasteiger partial charge in [-0.05, 0) is 58.8 Å². The van der Waals surface area contributed by atoms with Crippen LogP contribution in [0, 0.1) is 5.41 Å². The van der Waals surface area contributed by atoms with E-state index in [0.29, 0.717) is 11.9 Å². The summed E-state index contributed by atoms with van der Waals surface area (Å²) < 4.78 is 0. The molecule has 1 unspecified atom stereocenters. The number of hydrogen-bond donors (Lipinski definition) is 3. The van der Waals surface area contributed by atoms with Crippen LogP contribution in [0.5, 0.6) is 0 Å². The molecule has 0 bridgehead atoms. The summed E-state index contributed by atoms with van der Waals surface area (Å²) >= 11 is 0. The van der Waals surface area contributed by atoms with E-state index in [1.165, 1.54) is 19.4 Å². The van der Waals surface area contributed by atoms with Crippen molar-refractivity contribution < 1.29 is 5.21 Å². The zero-order valence-corrected chi connectivity index (χ0v) is 14.7. The second-order valence-corrected chi connectivity index (χ2v) is 6.50. The second-order valence-electron chi connectivity index (χ2n) is 6.50. The number of nitrogens with one attached hydrogen (secondary N) is 1. The second kappa shape index (κ2) is 10.9. The van der Waals surface area contributed by atoms with Gasteiger partial charge in [-0.2, -0.15) is 0 Å². The van der Waals surface area contributed by atoms with E-state index in [2.05, 4.69) is 36.1 Å². The molecule has 0 aliphatic carbocycles. The maximum absolute atomic E-state index is 8.74. The van der Waals surface area contributed by atoms with E-state index in [-0.39, 0.29) is 5.41 Å². The summed E-state index contributed by atoms with van der Waals surface area (Å²) in [7, 11) is 0. The van der Waals surface area contributed by atoms with E-state index in [9.17, 15) is 0 Å². The first-order valence-electron chi connectivity index (χ1n) is 8.31. The molecule has 0 aromatic carbocycles. The number of oxime groups is 1. The third kappa shape index (κ3) is 8.94. The minimum absolute atomic E-state index is 0.234. The third-order valence-corrected chi connectivity index (χ3v) is 4.28. The molecule has 0 saturated heterocycles. The fourth-order valence-corrected chi connectivity index (χ4v) is 2.41. The largest absolute Gasteiger partial charge is 0.409 e. The lowest BCUT2D eigenvalue weighted by molar-refractivity contribution is 0.289. The molecule has 0 heterocycles. The van der Waals surface area contributed by atoms with Crippen molar-refractivity contribution in [1.29, 1.82) is 0 Å². The van der Waals surface area contributed by atoms with Gasteiger partial charge in [0, 0.05) is 11.5 Å². The van der Waals surface area contributed by atoms with E-state index in [0.717, 1.165) is 32.5 Å². The molecule has 0 aliphatic heterocycles. The molecule has 0 amide bonds. The summed E-state index contributed by atoms with van der Waals surface area (Å²) in [5.41, 5.74) is 5.45. The summed E-state index contributed by atoms with van der Waals surface area (Å²) in [6.45, 7) is 15.2. The van der Waals surface area contributed by atoms with Gasteiger partial charge >= 0.3 is 0 Å². The molecule has 0 aromatic heterocycles. The van der Waals surface area contributed by atoms with Gasteiger partial charge in [-0.15, -0.1) is 0 Å². The first-order valence-corrected chi connectivity index (χ1v) is 8.31. The van der Waals surface area contributed by atoms with Crippen molar-refractivity contribution >= 4 is 5.84 Å². The highest BCUT2D eigenvalue weighted by Crippen LogP contribution is 2.21. The van der Waals surface area contributed by atoms with Crippen molar-refractivity contribution in [1.82, 2.24) is 10.2 Å². The molecular weight excluding hydrogens is 264 g/mol. The predicted octanol–water partition coefficient (Wildman–Crippen LogP) is 2.64. The predicted molar refractivity (Wildman–Crippen MR) is 90.9 cm³/mol. The highest BCUT2D eigenvalue weighted by atomic mass is 16.4.